The predicted octanol–water partition coefficient (Wildman–Crippen LogP) is 12.8. The van der Waals surface area contributed by atoms with Gasteiger partial charge in [-0.1, -0.05) is 167 Å². The molecule has 0 aliphatic heterocycles. The quantitative estimate of drug-likeness (QED) is 0.0451. The van der Waals surface area contributed by atoms with Gasteiger partial charge in [-0.3, -0.25) is 9.59 Å². The number of esters is 1. The van der Waals surface area contributed by atoms with Crippen molar-refractivity contribution < 1.29 is 19.4 Å². The number of unbranched alkanes of at least 4 members (excludes halogenated alkanes) is 23. The van der Waals surface area contributed by atoms with Crippen LogP contribution in [0.15, 0.2) is 24.3 Å². The molecule has 0 radical (unpaired) electrons. The number of carboxylic acid groups (broad SMARTS) is 1. The van der Waals surface area contributed by atoms with Crippen molar-refractivity contribution in [2.45, 2.75) is 213 Å². The third kappa shape index (κ3) is 34.8. The Balaban J connectivity index is 3.91. The van der Waals surface area contributed by atoms with E-state index in [1.807, 2.05) is 0 Å². The molecular weight excluding hydrogens is 532 g/mol. The molecule has 0 aliphatic carbocycles. The Kier molecular flexibility index (Phi) is 33.6. The second-order valence-electron chi connectivity index (χ2n) is 12.8. The summed E-state index contributed by atoms with van der Waals surface area (Å²) in [5.41, 5.74) is 0. The van der Waals surface area contributed by atoms with Gasteiger partial charge in [-0.15, -0.1) is 0 Å². The molecule has 1 N–H and O–H groups in total. The average Bonchev–Trinajstić information content (AvgIpc) is 2.99. The molecule has 0 spiro atoms. The van der Waals surface area contributed by atoms with Gasteiger partial charge in [0.15, 0.2) is 0 Å². The lowest BCUT2D eigenvalue weighted by molar-refractivity contribution is -0.147. The van der Waals surface area contributed by atoms with Crippen LogP contribution in [0, 0.1) is 0 Å². The number of hydrogen-bond acceptors (Lipinski definition) is 3. The summed E-state index contributed by atoms with van der Waals surface area (Å²) >= 11 is 0. The third-order valence-electron chi connectivity index (χ3n) is 8.41. The SMILES string of the molecule is CCCCC/C=C\C/C=C\C(CCCCCCC(=O)O)OC(=O)CCCCCCCCCCCCCCCCCCCC. The lowest BCUT2D eigenvalue weighted by atomic mass is 10.0. The molecule has 0 amide bonds. The van der Waals surface area contributed by atoms with Crippen molar-refractivity contribution in [1.82, 2.24) is 0 Å². The maximum Gasteiger partial charge on any atom is 0.306 e. The summed E-state index contributed by atoms with van der Waals surface area (Å²) in [6.07, 6.45) is 43.6. The standard InChI is InChI=1S/C39H72O4/c1-3-5-7-9-11-13-14-15-16-17-18-19-20-21-22-24-26-32-36-39(42)43-37(34-30-27-28-31-35-38(40)41)33-29-25-23-12-10-8-6-4-2/h12,23,29,33,37H,3-11,13-22,24-28,30-32,34-36H2,1-2H3,(H,40,41)/b23-12-,33-29-. The molecule has 252 valence electrons. The Morgan fingerprint density at radius 3 is 1.49 bits per heavy atom. The monoisotopic (exact) mass is 605 g/mol. The number of carboxylic acids is 1. The first kappa shape index (κ1) is 41.4. The maximum atomic E-state index is 12.5. The topological polar surface area (TPSA) is 63.6 Å². The van der Waals surface area contributed by atoms with Crippen LogP contribution in [-0.2, 0) is 14.3 Å². The van der Waals surface area contributed by atoms with Crippen LogP contribution in [0.2, 0.25) is 0 Å². The molecule has 0 fully saturated rings. The highest BCUT2D eigenvalue weighted by molar-refractivity contribution is 5.69. The zero-order valence-corrected chi connectivity index (χ0v) is 28.8. The number of carbonyl (C=O) groups is 2. The molecule has 0 rings (SSSR count). The Hall–Kier alpha value is -1.58. The summed E-state index contributed by atoms with van der Waals surface area (Å²) in [4.78, 5) is 23.2. The Morgan fingerprint density at radius 1 is 0.535 bits per heavy atom. The zero-order valence-electron chi connectivity index (χ0n) is 28.8. The summed E-state index contributed by atoms with van der Waals surface area (Å²) in [5.74, 6) is -0.802. The molecule has 0 saturated heterocycles. The Bertz CT molecular complexity index is 654. The number of allylic oxidation sites excluding steroid dienone is 3. The second kappa shape index (κ2) is 34.9. The highest BCUT2D eigenvalue weighted by Crippen LogP contribution is 2.16. The predicted molar refractivity (Wildman–Crippen MR) is 186 cm³/mol. The van der Waals surface area contributed by atoms with E-state index < -0.39 is 5.97 Å². The number of aliphatic carboxylic acids is 1. The van der Waals surface area contributed by atoms with Crippen LogP contribution in [0.25, 0.3) is 0 Å². The molecule has 0 aromatic heterocycles. The van der Waals surface area contributed by atoms with E-state index in [0.29, 0.717) is 6.42 Å². The van der Waals surface area contributed by atoms with E-state index in [4.69, 9.17) is 9.84 Å². The first-order chi connectivity index (χ1) is 21.1. The summed E-state index contributed by atoms with van der Waals surface area (Å²) < 4.78 is 5.84. The van der Waals surface area contributed by atoms with E-state index in [1.54, 1.807) is 0 Å². The van der Waals surface area contributed by atoms with Crippen LogP contribution in [0.5, 0.6) is 0 Å². The fraction of sp³-hybridized carbons (Fsp3) is 0.846. The summed E-state index contributed by atoms with van der Waals surface area (Å²) in [5, 5.41) is 8.81. The Labute approximate surface area is 267 Å². The first-order valence-corrected chi connectivity index (χ1v) is 18.8. The fourth-order valence-electron chi connectivity index (χ4n) is 5.60. The van der Waals surface area contributed by atoms with Gasteiger partial charge in [0.1, 0.15) is 6.10 Å². The van der Waals surface area contributed by atoms with Gasteiger partial charge in [-0.25, -0.2) is 0 Å². The minimum Gasteiger partial charge on any atom is -0.481 e. The van der Waals surface area contributed by atoms with Gasteiger partial charge < -0.3 is 9.84 Å². The molecule has 1 unspecified atom stereocenters. The second-order valence-corrected chi connectivity index (χ2v) is 12.8. The van der Waals surface area contributed by atoms with Crippen molar-refractivity contribution in [1.29, 1.82) is 0 Å². The minimum absolute atomic E-state index is 0.0767. The number of carbonyl (C=O) groups excluding carboxylic acids is 1. The number of rotatable bonds is 34. The molecule has 0 heterocycles. The Morgan fingerprint density at radius 2 is 0.977 bits per heavy atom. The molecule has 4 nitrogen and oxygen atoms in total. The van der Waals surface area contributed by atoms with E-state index in [1.165, 1.54) is 122 Å². The molecule has 0 aromatic rings. The minimum atomic E-state index is -0.725. The van der Waals surface area contributed by atoms with Gasteiger partial charge in [0, 0.05) is 12.8 Å². The maximum absolute atomic E-state index is 12.5. The van der Waals surface area contributed by atoms with Crippen LogP contribution in [0.3, 0.4) is 0 Å². The molecule has 0 aliphatic rings. The van der Waals surface area contributed by atoms with Gasteiger partial charge in [-0.05, 0) is 51.0 Å². The van der Waals surface area contributed by atoms with Gasteiger partial charge in [-0.2, -0.15) is 0 Å². The molecule has 0 saturated carbocycles. The van der Waals surface area contributed by atoms with E-state index in [-0.39, 0.29) is 18.5 Å². The van der Waals surface area contributed by atoms with E-state index >= 15 is 0 Å². The fourth-order valence-corrected chi connectivity index (χ4v) is 5.60. The normalized spacial score (nSPS) is 12.4. The van der Waals surface area contributed by atoms with Crippen LogP contribution < -0.4 is 0 Å². The van der Waals surface area contributed by atoms with E-state index in [0.717, 1.165) is 57.8 Å². The smallest absolute Gasteiger partial charge is 0.306 e. The summed E-state index contributed by atoms with van der Waals surface area (Å²) in [7, 11) is 0. The first-order valence-electron chi connectivity index (χ1n) is 18.8. The zero-order chi connectivity index (χ0) is 31.5. The highest BCUT2D eigenvalue weighted by Gasteiger charge is 2.11. The van der Waals surface area contributed by atoms with Crippen LogP contribution in [0.4, 0.5) is 0 Å². The van der Waals surface area contributed by atoms with Crippen LogP contribution in [0.1, 0.15) is 206 Å². The summed E-state index contributed by atoms with van der Waals surface area (Å²) in [6, 6.07) is 0. The van der Waals surface area contributed by atoms with Crippen molar-refractivity contribution in [3.8, 4) is 0 Å². The molecule has 4 heteroatoms. The van der Waals surface area contributed by atoms with E-state index in [2.05, 4.69) is 38.2 Å². The average molecular weight is 605 g/mol. The molecule has 1 atom stereocenters. The lowest BCUT2D eigenvalue weighted by Gasteiger charge is -2.14. The van der Waals surface area contributed by atoms with Crippen molar-refractivity contribution in [3.05, 3.63) is 24.3 Å². The summed E-state index contributed by atoms with van der Waals surface area (Å²) in [6.45, 7) is 4.51. The molecular formula is C39H72O4. The van der Waals surface area contributed by atoms with Crippen molar-refractivity contribution in [3.63, 3.8) is 0 Å². The van der Waals surface area contributed by atoms with Crippen molar-refractivity contribution >= 4 is 11.9 Å². The van der Waals surface area contributed by atoms with E-state index in [9.17, 15) is 9.59 Å². The van der Waals surface area contributed by atoms with Crippen molar-refractivity contribution in [2.75, 3.05) is 0 Å². The lowest BCUT2D eigenvalue weighted by Crippen LogP contribution is -2.16. The van der Waals surface area contributed by atoms with Gasteiger partial charge in [0.2, 0.25) is 0 Å². The van der Waals surface area contributed by atoms with Crippen LogP contribution >= 0.6 is 0 Å². The van der Waals surface area contributed by atoms with Gasteiger partial charge >= 0.3 is 11.9 Å². The largest absolute Gasteiger partial charge is 0.481 e. The van der Waals surface area contributed by atoms with Gasteiger partial charge in [0.05, 0.1) is 0 Å². The number of ether oxygens (including phenoxy) is 1. The molecule has 0 bridgehead atoms. The van der Waals surface area contributed by atoms with Gasteiger partial charge in [0.25, 0.3) is 0 Å². The highest BCUT2D eigenvalue weighted by atomic mass is 16.5. The third-order valence-corrected chi connectivity index (χ3v) is 8.41. The number of hydrogen-bond donors (Lipinski definition) is 1. The molecule has 0 aromatic carbocycles. The molecule has 43 heavy (non-hydrogen) atoms. The van der Waals surface area contributed by atoms with Crippen molar-refractivity contribution in [2.24, 2.45) is 0 Å². The van der Waals surface area contributed by atoms with Crippen LogP contribution in [-0.4, -0.2) is 23.1 Å².